The van der Waals surface area contributed by atoms with Crippen LogP contribution in [0.3, 0.4) is 0 Å². The minimum absolute atomic E-state index is 0.119. The van der Waals surface area contributed by atoms with E-state index < -0.39 is 6.04 Å². The first kappa shape index (κ1) is 15.4. The number of pyridine rings is 1. The summed E-state index contributed by atoms with van der Waals surface area (Å²) in [6.07, 6.45) is 1.22. The Bertz CT molecular complexity index is 738. The van der Waals surface area contributed by atoms with Gasteiger partial charge in [0.2, 0.25) is 12.0 Å². The maximum Gasteiger partial charge on any atom is 0.254 e. The highest BCUT2D eigenvalue weighted by Gasteiger charge is 2.32. The minimum atomic E-state index is -0.420. The molecule has 1 aliphatic heterocycles. The van der Waals surface area contributed by atoms with Gasteiger partial charge in [0.05, 0.1) is 13.2 Å². The lowest BCUT2D eigenvalue weighted by atomic mass is 10.1. The predicted octanol–water partition coefficient (Wildman–Crippen LogP) is 1.09. The largest absolute Gasteiger partial charge is 0.377 e. The van der Waals surface area contributed by atoms with Crippen molar-refractivity contribution in [2.45, 2.75) is 25.8 Å². The Morgan fingerprint density at radius 2 is 2.26 bits per heavy atom. The number of hydrogen-bond donors (Lipinski definition) is 1. The molecule has 0 spiro atoms. The van der Waals surface area contributed by atoms with Gasteiger partial charge in [0.15, 0.2) is 5.82 Å². The topological polar surface area (TPSA) is 101 Å². The first-order chi connectivity index (χ1) is 11.1. The molecule has 1 saturated heterocycles. The van der Waals surface area contributed by atoms with E-state index in [0.717, 1.165) is 5.69 Å². The fraction of sp³-hybridized carbons (Fsp3) is 0.467. The maximum atomic E-state index is 12.9. The summed E-state index contributed by atoms with van der Waals surface area (Å²) in [5.74, 6) is 0.274. The van der Waals surface area contributed by atoms with Crippen molar-refractivity contribution in [1.82, 2.24) is 20.0 Å². The summed E-state index contributed by atoms with van der Waals surface area (Å²) in [6.45, 7) is 5.04. The molecule has 8 heteroatoms. The third-order valence-corrected chi connectivity index (χ3v) is 3.80. The highest BCUT2D eigenvalue weighted by Crippen LogP contribution is 2.23. The number of aromatic nitrogens is 3. The van der Waals surface area contributed by atoms with Crippen LogP contribution in [0.2, 0.25) is 0 Å². The minimum Gasteiger partial charge on any atom is -0.377 e. The summed E-state index contributed by atoms with van der Waals surface area (Å²) in [6, 6.07) is 2.62. The van der Waals surface area contributed by atoms with E-state index in [2.05, 4.69) is 15.1 Å². The van der Waals surface area contributed by atoms with Crippen LogP contribution in [0.1, 0.15) is 47.7 Å². The van der Waals surface area contributed by atoms with Gasteiger partial charge in [-0.2, -0.15) is 4.98 Å². The predicted molar refractivity (Wildman–Crippen MR) is 80.0 cm³/mol. The van der Waals surface area contributed by atoms with E-state index in [1.54, 1.807) is 11.0 Å². The number of carbonyl (C=O) groups excluding carboxylic acids is 1. The second-order valence-corrected chi connectivity index (χ2v) is 5.72. The maximum absolute atomic E-state index is 12.9. The number of morpholine rings is 1. The van der Waals surface area contributed by atoms with Gasteiger partial charge < -0.3 is 19.1 Å². The number of aromatic amines is 1. The Labute approximate surface area is 132 Å². The van der Waals surface area contributed by atoms with Gasteiger partial charge >= 0.3 is 0 Å². The summed E-state index contributed by atoms with van der Waals surface area (Å²) in [5, 5.41) is 3.80. The van der Waals surface area contributed by atoms with Crippen LogP contribution in [0.4, 0.5) is 0 Å². The molecule has 8 nitrogen and oxygen atoms in total. The zero-order valence-corrected chi connectivity index (χ0v) is 13.0. The number of carbonyl (C=O) groups is 1. The molecule has 0 radical (unpaired) electrons. The molecule has 1 N–H and O–H groups in total. The van der Waals surface area contributed by atoms with Crippen LogP contribution in [0.5, 0.6) is 0 Å². The van der Waals surface area contributed by atoms with E-state index in [4.69, 9.17) is 9.26 Å². The van der Waals surface area contributed by atoms with Crippen molar-refractivity contribution in [2.75, 3.05) is 19.8 Å². The van der Waals surface area contributed by atoms with Crippen LogP contribution in [-0.4, -0.2) is 45.7 Å². The van der Waals surface area contributed by atoms with Gasteiger partial charge in [0, 0.05) is 23.9 Å². The second kappa shape index (κ2) is 6.33. The molecular formula is C15H18N4O4. The molecule has 0 unspecified atom stereocenters. The van der Waals surface area contributed by atoms with Gasteiger partial charge in [-0.25, -0.2) is 0 Å². The zero-order valence-electron chi connectivity index (χ0n) is 13.0. The Kier molecular flexibility index (Phi) is 4.24. The smallest absolute Gasteiger partial charge is 0.254 e. The van der Waals surface area contributed by atoms with Crippen molar-refractivity contribution in [3.63, 3.8) is 0 Å². The van der Waals surface area contributed by atoms with Crippen LogP contribution in [0.25, 0.3) is 0 Å². The first-order valence-electron chi connectivity index (χ1n) is 7.45. The molecule has 0 bridgehead atoms. The normalized spacial score (nSPS) is 18.4. The molecule has 2 aromatic rings. The monoisotopic (exact) mass is 318 g/mol. The number of nitrogens with zero attached hydrogens (tertiary/aromatic N) is 3. The highest BCUT2D eigenvalue weighted by atomic mass is 16.5. The molecule has 3 rings (SSSR count). The van der Waals surface area contributed by atoms with Crippen molar-refractivity contribution in [2.24, 2.45) is 0 Å². The Morgan fingerprint density at radius 1 is 1.43 bits per heavy atom. The summed E-state index contributed by atoms with van der Waals surface area (Å²) in [4.78, 5) is 33.1. The Morgan fingerprint density at radius 3 is 2.96 bits per heavy atom. The van der Waals surface area contributed by atoms with E-state index in [-0.39, 0.29) is 17.4 Å². The molecule has 0 saturated carbocycles. The molecule has 0 aromatic carbocycles. The van der Waals surface area contributed by atoms with Crippen molar-refractivity contribution in [1.29, 1.82) is 0 Å². The summed E-state index contributed by atoms with van der Waals surface area (Å²) >= 11 is 0. The standard InChI is InChI=1S/C15H18N4O4/c1-9(2)11-5-10(6-13(20)17-11)15(21)19-3-4-22-7-12(19)14-16-8-23-18-14/h5-6,8-9,12H,3-4,7H2,1-2H3,(H,17,20)/t12-/m0/s1. The molecule has 122 valence electrons. The molecule has 23 heavy (non-hydrogen) atoms. The highest BCUT2D eigenvalue weighted by molar-refractivity contribution is 5.94. The number of hydrogen-bond acceptors (Lipinski definition) is 6. The van der Waals surface area contributed by atoms with Gasteiger partial charge in [-0.1, -0.05) is 19.0 Å². The second-order valence-electron chi connectivity index (χ2n) is 5.72. The number of nitrogens with one attached hydrogen (secondary N) is 1. The lowest BCUT2D eigenvalue weighted by Gasteiger charge is -2.33. The molecule has 1 amide bonds. The number of ether oxygens (including phenoxy) is 1. The van der Waals surface area contributed by atoms with Crippen LogP contribution in [0.15, 0.2) is 27.8 Å². The van der Waals surface area contributed by atoms with Gasteiger partial charge in [-0.15, -0.1) is 0 Å². The molecule has 3 heterocycles. The van der Waals surface area contributed by atoms with Crippen molar-refractivity contribution in [3.05, 3.63) is 46.0 Å². The average molecular weight is 318 g/mol. The summed E-state index contributed by atoms with van der Waals surface area (Å²) in [7, 11) is 0. The molecule has 2 aromatic heterocycles. The fourth-order valence-corrected chi connectivity index (χ4v) is 2.55. The SMILES string of the molecule is CC(C)c1cc(C(=O)N2CCOC[C@H]2c2ncon2)cc(=O)[nH]1. The van der Waals surface area contributed by atoms with Gasteiger partial charge in [0.25, 0.3) is 5.91 Å². The fourth-order valence-electron chi connectivity index (χ4n) is 2.55. The molecular weight excluding hydrogens is 300 g/mol. The molecule has 1 atom stereocenters. The number of amides is 1. The van der Waals surface area contributed by atoms with Crippen molar-refractivity contribution >= 4 is 5.91 Å². The van der Waals surface area contributed by atoms with Gasteiger partial charge in [-0.05, 0) is 12.0 Å². The molecule has 0 aliphatic carbocycles. The number of H-pyrrole nitrogens is 1. The lowest BCUT2D eigenvalue weighted by molar-refractivity contribution is -0.00578. The summed E-state index contributed by atoms with van der Waals surface area (Å²) < 4.78 is 10.2. The van der Waals surface area contributed by atoms with Gasteiger partial charge in [0.1, 0.15) is 6.04 Å². The Balaban J connectivity index is 1.93. The Hall–Kier alpha value is -2.48. The number of rotatable bonds is 3. The van der Waals surface area contributed by atoms with Crippen molar-refractivity contribution in [3.8, 4) is 0 Å². The quantitative estimate of drug-likeness (QED) is 0.909. The van der Waals surface area contributed by atoms with E-state index in [1.165, 1.54) is 12.5 Å². The molecule has 1 aliphatic rings. The third kappa shape index (κ3) is 3.16. The molecule has 1 fully saturated rings. The third-order valence-electron chi connectivity index (χ3n) is 3.80. The van der Waals surface area contributed by atoms with Crippen molar-refractivity contribution < 1.29 is 14.1 Å². The van der Waals surface area contributed by atoms with Gasteiger partial charge in [-0.3, -0.25) is 9.59 Å². The van der Waals surface area contributed by atoms with E-state index in [0.29, 0.717) is 31.1 Å². The average Bonchev–Trinajstić information content (AvgIpc) is 3.08. The van der Waals surface area contributed by atoms with E-state index >= 15 is 0 Å². The lowest BCUT2D eigenvalue weighted by Crippen LogP contribution is -2.44. The van der Waals surface area contributed by atoms with Crippen LogP contribution >= 0.6 is 0 Å². The van der Waals surface area contributed by atoms with Crippen LogP contribution in [0, 0.1) is 0 Å². The summed E-state index contributed by atoms with van der Waals surface area (Å²) in [5.41, 5.74) is 0.794. The van der Waals surface area contributed by atoms with Crippen LogP contribution in [-0.2, 0) is 4.74 Å². The zero-order chi connectivity index (χ0) is 16.4. The van der Waals surface area contributed by atoms with Crippen LogP contribution < -0.4 is 5.56 Å². The first-order valence-corrected chi connectivity index (χ1v) is 7.45. The van der Waals surface area contributed by atoms with E-state index in [9.17, 15) is 9.59 Å². The van der Waals surface area contributed by atoms with E-state index in [1.807, 2.05) is 13.8 Å².